The molecule has 3 aromatic heterocycles. The number of aromatic nitrogens is 4. The van der Waals surface area contributed by atoms with Crippen LogP contribution in [0.15, 0.2) is 74.3 Å². The molecule has 2 N–H and O–H groups in total. The van der Waals surface area contributed by atoms with Gasteiger partial charge in [-0.15, -0.1) is 16.8 Å². The summed E-state index contributed by atoms with van der Waals surface area (Å²) in [5.74, 6) is 0.951. The van der Waals surface area contributed by atoms with Crippen molar-refractivity contribution in [2.45, 2.75) is 30.4 Å². The summed E-state index contributed by atoms with van der Waals surface area (Å²) in [7, 11) is -3.87. The maximum Gasteiger partial charge on any atom is 0.264 e. The van der Waals surface area contributed by atoms with Crippen LogP contribution >= 0.6 is 11.8 Å². The van der Waals surface area contributed by atoms with Crippen molar-refractivity contribution in [3.05, 3.63) is 66.6 Å². The minimum atomic E-state index is -3.87. The zero-order chi connectivity index (χ0) is 25.0. The number of allylic oxidation sites excluding steroid dienone is 1. The van der Waals surface area contributed by atoms with Gasteiger partial charge in [-0.05, 0) is 50.2 Å². The highest BCUT2D eigenvalue weighted by molar-refractivity contribution is 7.99. The minimum absolute atomic E-state index is 0.0151. The van der Waals surface area contributed by atoms with Gasteiger partial charge < -0.3 is 14.3 Å². The third-order valence-corrected chi connectivity index (χ3v) is 7.25. The Labute approximate surface area is 205 Å². The maximum absolute atomic E-state index is 12.6. The third-order valence-electron chi connectivity index (χ3n) is 4.94. The second-order valence-electron chi connectivity index (χ2n) is 7.37. The van der Waals surface area contributed by atoms with Crippen molar-refractivity contribution >= 4 is 39.3 Å². The van der Waals surface area contributed by atoms with Gasteiger partial charge in [-0.3, -0.25) is 9.36 Å². The van der Waals surface area contributed by atoms with Gasteiger partial charge in [0.15, 0.2) is 10.9 Å². The molecule has 3 heterocycles. The lowest BCUT2D eigenvalue weighted by molar-refractivity contribution is -0.113. The van der Waals surface area contributed by atoms with Crippen LogP contribution in [0, 0.1) is 13.8 Å². The first kappa shape index (κ1) is 24.3. The lowest BCUT2D eigenvalue weighted by Crippen LogP contribution is -2.16. The van der Waals surface area contributed by atoms with Gasteiger partial charge in [0.2, 0.25) is 17.6 Å². The number of aryl methyl sites for hydroxylation is 1. The van der Waals surface area contributed by atoms with Crippen molar-refractivity contribution < 1.29 is 22.2 Å². The summed E-state index contributed by atoms with van der Waals surface area (Å²) < 4.78 is 39.8. The van der Waals surface area contributed by atoms with E-state index < -0.39 is 10.0 Å². The molecule has 0 saturated carbocycles. The maximum atomic E-state index is 12.6. The van der Waals surface area contributed by atoms with Crippen molar-refractivity contribution in [2.75, 3.05) is 15.8 Å². The molecule has 4 aromatic rings. The van der Waals surface area contributed by atoms with Gasteiger partial charge in [-0.2, -0.15) is 0 Å². The molecule has 0 atom stereocenters. The molecule has 0 unspecified atom stereocenters. The Kier molecular flexibility index (Phi) is 7.07. The van der Waals surface area contributed by atoms with Gasteiger partial charge in [0.25, 0.3) is 10.0 Å². The van der Waals surface area contributed by atoms with Gasteiger partial charge >= 0.3 is 0 Å². The molecule has 0 spiro atoms. The molecule has 0 aliphatic rings. The van der Waals surface area contributed by atoms with E-state index in [2.05, 4.69) is 32.0 Å². The molecule has 0 radical (unpaired) electrons. The molecule has 0 saturated heterocycles. The number of nitrogens with zero attached hydrogens (tertiary/aromatic N) is 4. The molecule has 11 nitrogen and oxygen atoms in total. The van der Waals surface area contributed by atoms with E-state index in [0.29, 0.717) is 40.2 Å². The number of furan rings is 1. The van der Waals surface area contributed by atoms with Crippen molar-refractivity contribution in [1.82, 2.24) is 19.9 Å². The molecule has 0 bridgehead atoms. The fraction of sp³-hybridized carbons (Fsp3) is 0.182. The molecule has 182 valence electrons. The highest BCUT2D eigenvalue weighted by Gasteiger charge is 2.20. The fourth-order valence-corrected chi connectivity index (χ4v) is 4.81. The zero-order valence-corrected chi connectivity index (χ0v) is 20.5. The highest BCUT2D eigenvalue weighted by Crippen LogP contribution is 2.25. The lowest BCUT2D eigenvalue weighted by atomic mass is 10.3. The van der Waals surface area contributed by atoms with E-state index in [1.807, 2.05) is 0 Å². The number of thioether (sulfide) groups is 1. The molecule has 1 aromatic carbocycles. The van der Waals surface area contributed by atoms with Crippen molar-refractivity contribution in [3.63, 3.8) is 0 Å². The topological polar surface area (TPSA) is 145 Å². The van der Waals surface area contributed by atoms with Gasteiger partial charge in [-0.1, -0.05) is 23.0 Å². The van der Waals surface area contributed by atoms with Crippen LogP contribution in [0.5, 0.6) is 0 Å². The number of hydrogen-bond donors (Lipinski definition) is 2. The average Bonchev–Trinajstić information content (AvgIpc) is 3.56. The summed E-state index contributed by atoms with van der Waals surface area (Å²) in [4.78, 5) is 12.5. The minimum Gasteiger partial charge on any atom is -0.461 e. The smallest absolute Gasteiger partial charge is 0.264 e. The number of carbonyl (C=O) groups excluding carboxylic acids is 1. The van der Waals surface area contributed by atoms with Crippen LogP contribution in [0.25, 0.3) is 11.6 Å². The number of benzene rings is 1. The van der Waals surface area contributed by atoms with Crippen molar-refractivity contribution in [1.29, 1.82) is 0 Å². The lowest BCUT2D eigenvalue weighted by Gasteiger charge is -2.09. The largest absolute Gasteiger partial charge is 0.461 e. The Morgan fingerprint density at radius 2 is 1.97 bits per heavy atom. The zero-order valence-electron chi connectivity index (χ0n) is 18.9. The summed E-state index contributed by atoms with van der Waals surface area (Å²) in [6.45, 7) is 7.62. The number of nitrogens with one attached hydrogen (secondary N) is 2. The molecule has 35 heavy (non-hydrogen) atoms. The van der Waals surface area contributed by atoms with Crippen LogP contribution in [0.1, 0.15) is 11.3 Å². The van der Waals surface area contributed by atoms with Crippen LogP contribution in [0.3, 0.4) is 0 Å². The summed E-state index contributed by atoms with van der Waals surface area (Å²) in [6.07, 6.45) is 3.25. The Balaban J connectivity index is 1.38. The van der Waals surface area contributed by atoms with E-state index in [4.69, 9.17) is 8.94 Å². The van der Waals surface area contributed by atoms with Crippen LogP contribution in [-0.4, -0.2) is 40.0 Å². The molecule has 0 aliphatic heterocycles. The molecule has 13 heteroatoms. The number of hydrogen-bond acceptors (Lipinski definition) is 9. The van der Waals surface area contributed by atoms with Crippen LogP contribution in [0.4, 0.5) is 11.6 Å². The van der Waals surface area contributed by atoms with Crippen LogP contribution in [-0.2, 0) is 21.4 Å². The molecular weight excluding hydrogens is 492 g/mol. The van der Waals surface area contributed by atoms with E-state index in [9.17, 15) is 13.2 Å². The first-order valence-corrected chi connectivity index (χ1v) is 12.8. The quantitative estimate of drug-likeness (QED) is 0.238. The van der Waals surface area contributed by atoms with E-state index in [0.717, 1.165) is 0 Å². The fourth-order valence-electron chi connectivity index (χ4n) is 3.01. The predicted molar refractivity (Wildman–Crippen MR) is 131 cm³/mol. The number of anilines is 2. The summed E-state index contributed by atoms with van der Waals surface area (Å²) in [5, 5.41) is 15.3. The summed E-state index contributed by atoms with van der Waals surface area (Å²) >= 11 is 1.21. The number of rotatable bonds is 10. The standard InChI is InChI=1S/C22H22N6O5S2/c1-4-11-28-20(18-6-5-12-32-18)24-25-22(28)34-13-19(29)23-16-7-9-17(10-8-16)35(30,31)27-21-14(2)15(3)26-33-21/h4-10,12,27H,1,11,13H2,2-3H3,(H,23,29). The number of carbonyl (C=O) groups is 1. The van der Waals surface area contributed by atoms with E-state index in [-0.39, 0.29) is 22.4 Å². The van der Waals surface area contributed by atoms with E-state index in [1.165, 1.54) is 36.0 Å². The van der Waals surface area contributed by atoms with E-state index >= 15 is 0 Å². The summed E-state index contributed by atoms with van der Waals surface area (Å²) in [6, 6.07) is 9.32. The Bertz CT molecular complexity index is 1440. The van der Waals surface area contributed by atoms with Crippen molar-refractivity contribution in [2.24, 2.45) is 0 Å². The average molecular weight is 515 g/mol. The van der Waals surface area contributed by atoms with Crippen LogP contribution in [0.2, 0.25) is 0 Å². The van der Waals surface area contributed by atoms with Crippen LogP contribution < -0.4 is 10.0 Å². The Hall–Kier alpha value is -3.84. The monoisotopic (exact) mass is 514 g/mol. The van der Waals surface area contributed by atoms with Gasteiger partial charge in [0.1, 0.15) is 0 Å². The summed E-state index contributed by atoms with van der Waals surface area (Å²) in [5.41, 5.74) is 1.65. The molecular formula is C22H22N6O5S2. The molecule has 0 fully saturated rings. The van der Waals surface area contributed by atoms with Gasteiger partial charge in [0, 0.05) is 17.8 Å². The Morgan fingerprint density at radius 3 is 2.60 bits per heavy atom. The number of amides is 1. The normalized spacial score (nSPS) is 11.4. The first-order valence-electron chi connectivity index (χ1n) is 10.3. The third kappa shape index (κ3) is 5.46. The Morgan fingerprint density at radius 1 is 1.20 bits per heavy atom. The second kappa shape index (κ2) is 10.2. The molecule has 4 rings (SSSR count). The SMILES string of the molecule is C=CCn1c(SCC(=O)Nc2ccc(S(=O)(=O)Nc3onc(C)c3C)cc2)nnc1-c1ccco1. The first-order chi connectivity index (χ1) is 16.8. The second-order valence-corrected chi connectivity index (χ2v) is 10.00. The van der Waals surface area contributed by atoms with Gasteiger partial charge in [0.05, 0.1) is 22.6 Å². The van der Waals surface area contributed by atoms with Gasteiger partial charge in [-0.25, -0.2) is 13.1 Å². The highest BCUT2D eigenvalue weighted by atomic mass is 32.2. The predicted octanol–water partition coefficient (Wildman–Crippen LogP) is 3.86. The molecule has 1 amide bonds. The van der Waals surface area contributed by atoms with Crippen molar-refractivity contribution in [3.8, 4) is 11.6 Å². The van der Waals surface area contributed by atoms with E-state index in [1.54, 1.807) is 42.9 Å². The number of sulfonamides is 1. The molecule has 0 aliphatic carbocycles.